The zero-order valence-corrected chi connectivity index (χ0v) is 17.6. The fourth-order valence-corrected chi connectivity index (χ4v) is 3.28. The summed E-state index contributed by atoms with van der Waals surface area (Å²) in [5.74, 6) is 1.06. The van der Waals surface area contributed by atoms with Gasteiger partial charge in [-0.2, -0.15) is 0 Å². The first-order chi connectivity index (χ1) is 15.5. The van der Waals surface area contributed by atoms with Crippen LogP contribution in [0.5, 0.6) is 5.75 Å². The Morgan fingerprint density at radius 3 is 2.66 bits per heavy atom. The van der Waals surface area contributed by atoms with Crippen LogP contribution in [-0.4, -0.2) is 25.4 Å². The molecule has 164 valence electrons. The van der Waals surface area contributed by atoms with Gasteiger partial charge in [0.05, 0.1) is 0 Å². The van der Waals surface area contributed by atoms with Crippen molar-refractivity contribution in [1.29, 1.82) is 0 Å². The fourth-order valence-electron chi connectivity index (χ4n) is 3.28. The molecular weight excluding hydrogens is 410 g/mol. The molecule has 0 saturated carbocycles. The van der Waals surface area contributed by atoms with Crippen molar-refractivity contribution in [1.82, 2.24) is 24.8 Å². The van der Waals surface area contributed by atoms with Crippen molar-refractivity contribution in [2.24, 2.45) is 7.05 Å². The summed E-state index contributed by atoms with van der Waals surface area (Å²) in [6.45, 7) is 0.845. The second kappa shape index (κ2) is 9.34. The molecule has 0 saturated heterocycles. The zero-order valence-electron chi connectivity index (χ0n) is 17.6. The highest BCUT2D eigenvalue weighted by atomic mass is 16.5. The lowest BCUT2D eigenvalue weighted by Crippen LogP contribution is -2.28. The Morgan fingerprint density at radius 2 is 1.84 bits per heavy atom. The van der Waals surface area contributed by atoms with Gasteiger partial charge in [-0.1, -0.05) is 42.5 Å². The largest absolute Gasteiger partial charge is 0.489 e. The Hall–Kier alpha value is -4.14. The standard InChI is InChI=1S/C23H23N5O4/c1-28-21-20(22(30)27-23(28)31)25-18(26-21)10-11-19(29)24-13-16-8-5-9-17(12-16)32-14-15-6-3-2-4-7-15/h2-9,12H,10-11,13-14H2,1H3,(H,24,29)(H,25,26)(H,27,30,31). The van der Waals surface area contributed by atoms with E-state index in [1.54, 1.807) is 0 Å². The molecule has 3 N–H and O–H groups in total. The number of carbonyl (C=O) groups excluding carboxylic acids is 1. The number of aromatic nitrogens is 4. The molecule has 0 aliphatic heterocycles. The van der Waals surface area contributed by atoms with Gasteiger partial charge in [0.25, 0.3) is 5.56 Å². The molecular formula is C23H23N5O4. The van der Waals surface area contributed by atoms with Gasteiger partial charge in [0.1, 0.15) is 23.7 Å². The van der Waals surface area contributed by atoms with Gasteiger partial charge >= 0.3 is 5.69 Å². The minimum absolute atomic E-state index is 0.149. The SMILES string of the molecule is Cn1c(=O)[nH]c(=O)c2[nH]c(CCC(=O)NCc3cccc(OCc4ccccc4)c3)nc21. The van der Waals surface area contributed by atoms with Crippen molar-refractivity contribution in [3.05, 3.63) is 92.4 Å². The van der Waals surface area contributed by atoms with Crippen LogP contribution in [0.4, 0.5) is 0 Å². The summed E-state index contributed by atoms with van der Waals surface area (Å²) in [6.07, 6.45) is 0.504. The lowest BCUT2D eigenvalue weighted by atomic mass is 10.2. The second-order valence-corrected chi connectivity index (χ2v) is 7.40. The molecule has 0 unspecified atom stereocenters. The molecule has 0 spiro atoms. The van der Waals surface area contributed by atoms with E-state index in [0.717, 1.165) is 16.9 Å². The third-order valence-corrected chi connectivity index (χ3v) is 5.03. The molecule has 0 fully saturated rings. The maximum absolute atomic E-state index is 12.3. The van der Waals surface area contributed by atoms with Crippen molar-refractivity contribution in [3.63, 3.8) is 0 Å². The van der Waals surface area contributed by atoms with Gasteiger partial charge in [-0.25, -0.2) is 9.78 Å². The van der Waals surface area contributed by atoms with E-state index in [0.29, 0.717) is 25.4 Å². The summed E-state index contributed by atoms with van der Waals surface area (Å²) in [6, 6.07) is 17.5. The molecule has 2 heterocycles. The van der Waals surface area contributed by atoms with E-state index in [4.69, 9.17) is 4.74 Å². The van der Waals surface area contributed by atoms with Gasteiger partial charge in [-0.3, -0.25) is 19.1 Å². The first kappa shape index (κ1) is 21.1. The number of carbonyl (C=O) groups is 1. The van der Waals surface area contributed by atoms with E-state index < -0.39 is 11.2 Å². The average Bonchev–Trinajstić information content (AvgIpc) is 3.25. The number of hydrogen-bond acceptors (Lipinski definition) is 5. The summed E-state index contributed by atoms with van der Waals surface area (Å²) in [7, 11) is 1.52. The van der Waals surface area contributed by atoms with Crippen molar-refractivity contribution >= 4 is 17.1 Å². The maximum Gasteiger partial charge on any atom is 0.329 e. The molecule has 2 aromatic carbocycles. The van der Waals surface area contributed by atoms with Crippen LogP contribution in [0.1, 0.15) is 23.4 Å². The fraction of sp³-hybridized carbons (Fsp3) is 0.217. The predicted molar refractivity (Wildman–Crippen MR) is 119 cm³/mol. The number of imidazole rings is 1. The van der Waals surface area contributed by atoms with E-state index in [1.807, 2.05) is 54.6 Å². The minimum atomic E-state index is -0.534. The van der Waals surface area contributed by atoms with Crippen LogP contribution >= 0.6 is 0 Å². The van der Waals surface area contributed by atoms with Gasteiger partial charge in [0.15, 0.2) is 5.65 Å². The Kier molecular flexibility index (Phi) is 6.16. The summed E-state index contributed by atoms with van der Waals surface area (Å²) in [5.41, 5.74) is 1.43. The molecule has 0 aliphatic carbocycles. The molecule has 32 heavy (non-hydrogen) atoms. The van der Waals surface area contributed by atoms with Gasteiger partial charge < -0.3 is 15.0 Å². The number of aryl methyl sites for hydroxylation is 2. The molecule has 4 aromatic rings. The topological polar surface area (TPSA) is 122 Å². The molecule has 1 amide bonds. The Bertz CT molecular complexity index is 1350. The van der Waals surface area contributed by atoms with Gasteiger partial charge in [-0.05, 0) is 23.3 Å². The molecule has 0 bridgehead atoms. The summed E-state index contributed by atoms with van der Waals surface area (Å²) >= 11 is 0. The van der Waals surface area contributed by atoms with Crippen LogP contribution in [0.2, 0.25) is 0 Å². The number of ether oxygens (including phenoxy) is 1. The van der Waals surface area contributed by atoms with Crippen LogP contribution < -0.4 is 21.3 Å². The van der Waals surface area contributed by atoms with E-state index in [-0.39, 0.29) is 23.5 Å². The van der Waals surface area contributed by atoms with Crippen LogP contribution in [0, 0.1) is 0 Å². The Balaban J connectivity index is 1.30. The molecule has 4 rings (SSSR count). The molecule has 9 heteroatoms. The van der Waals surface area contributed by atoms with Crippen LogP contribution in [0.25, 0.3) is 11.2 Å². The van der Waals surface area contributed by atoms with E-state index in [1.165, 1.54) is 11.6 Å². The van der Waals surface area contributed by atoms with Crippen LogP contribution in [0.3, 0.4) is 0 Å². The smallest absolute Gasteiger partial charge is 0.329 e. The van der Waals surface area contributed by atoms with E-state index in [9.17, 15) is 14.4 Å². The normalized spacial score (nSPS) is 10.9. The highest BCUT2D eigenvalue weighted by Crippen LogP contribution is 2.15. The van der Waals surface area contributed by atoms with Crippen LogP contribution in [-0.2, 0) is 31.4 Å². The average molecular weight is 433 g/mol. The lowest BCUT2D eigenvalue weighted by Gasteiger charge is -2.09. The Labute approximate surface area is 183 Å². The number of nitrogens with one attached hydrogen (secondary N) is 3. The number of amides is 1. The number of nitrogens with zero attached hydrogens (tertiary/aromatic N) is 2. The van der Waals surface area contributed by atoms with Crippen molar-refractivity contribution < 1.29 is 9.53 Å². The minimum Gasteiger partial charge on any atom is -0.489 e. The second-order valence-electron chi connectivity index (χ2n) is 7.40. The quantitative estimate of drug-likeness (QED) is 0.391. The molecule has 9 nitrogen and oxygen atoms in total. The first-order valence-corrected chi connectivity index (χ1v) is 10.2. The molecule has 0 aliphatic rings. The first-order valence-electron chi connectivity index (χ1n) is 10.2. The number of H-pyrrole nitrogens is 2. The van der Waals surface area contributed by atoms with Crippen molar-refractivity contribution in [2.75, 3.05) is 0 Å². The number of benzene rings is 2. The number of fused-ring (bicyclic) bond motifs is 1. The van der Waals surface area contributed by atoms with Crippen molar-refractivity contribution in [2.45, 2.75) is 26.0 Å². The number of hydrogen-bond donors (Lipinski definition) is 3. The summed E-state index contributed by atoms with van der Waals surface area (Å²) < 4.78 is 7.08. The maximum atomic E-state index is 12.3. The molecule has 0 atom stereocenters. The zero-order chi connectivity index (χ0) is 22.5. The van der Waals surface area contributed by atoms with E-state index in [2.05, 4.69) is 20.3 Å². The number of rotatable bonds is 8. The number of aromatic amines is 2. The van der Waals surface area contributed by atoms with Gasteiger partial charge in [-0.15, -0.1) is 0 Å². The lowest BCUT2D eigenvalue weighted by molar-refractivity contribution is -0.121. The summed E-state index contributed by atoms with van der Waals surface area (Å²) in [4.78, 5) is 45.2. The third kappa shape index (κ3) is 4.94. The third-order valence-electron chi connectivity index (χ3n) is 5.03. The monoisotopic (exact) mass is 433 g/mol. The van der Waals surface area contributed by atoms with Gasteiger partial charge in [0.2, 0.25) is 5.91 Å². The molecule has 2 aromatic heterocycles. The Morgan fingerprint density at radius 1 is 1.06 bits per heavy atom. The highest BCUT2D eigenvalue weighted by molar-refractivity contribution is 5.76. The highest BCUT2D eigenvalue weighted by Gasteiger charge is 2.12. The summed E-state index contributed by atoms with van der Waals surface area (Å²) in [5, 5.41) is 2.88. The predicted octanol–water partition coefficient (Wildman–Crippen LogP) is 1.78. The molecule has 0 radical (unpaired) electrons. The van der Waals surface area contributed by atoms with Gasteiger partial charge in [0, 0.05) is 26.4 Å². The van der Waals surface area contributed by atoms with E-state index >= 15 is 0 Å². The van der Waals surface area contributed by atoms with Crippen LogP contribution in [0.15, 0.2) is 64.2 Å². The van der Waals surface area contributed by atoms with Crippen molar-refractivity contribution in [3.8, 4) is 5.75 Å².